The largest absolute Gasteiger partial charge is 0.490 e. The molecule has 1 atom stereocenters. The van der Waals surface area contributed by atoms with Crippen LogP contribution in [0.4, 0.5) is 0 Å². The van der Waals surface area contributed by atoms with Crippen molar-refractivity contribution in [2.75, 3.05) is 34.0 Å². The van der Waals surface area contributed by atoms with Crippen molar-refractivity contribution in [2.45, 2.75) is 40.7 Å². The highest BCUT2D eigenvalue weighted by Crippen LogP contribution is 2.36. The minimum absolute atomic E-state index is 0.134. The Balaban J connectivity index is 1.65. The van der Waals surface area contributed by atoms with Crippen LogP contribution in [0.5, 0.6) is 11.5 Å². The number of methoxy groups -OCH3 is 2. The minimum atomic E-state index is -0.889. The van der Waals surface area contributed by atoms with E-state index in [9.17, 15) is 19.2 Å². The molecule has 0 fully saturated rings. The normalized spacial score (nSPS) is 14.2. The first-order chi connectivity index (χ1) is 23.5. The molecule has 4 aromatic rings. The Labute approximate surface area is 286 Å². The predicted molar refractivity (Wildman–Crippen MR) is 182 cm³/mol. The van der Waals surface area contributed by atoms with E-state index in [1.807, 2.05) is 36.6 Å². The number of hydrogen-bond acceptors (Lipinski definition) is 11. The molecule has 49 heavy (non-hydrogen) atoms. The van der Waals surface area contributed by atoms with Crippen molar-refractivity contribution in [3.05, 3.63) is 108 Å². The maximum absolute atomic E-state index is 14.3. The Hall–Kier alpha value is -5.43. The fraction of sp³-hybridized carbons (Fsp3) is 0.306. The van der Waals surface area contributed by atoms with E-state index >= 15 is 0 Å². The standard InChI is InChI=1S/C36H37N3O9S/c1-8-46-28-17-23(13-14-27(28)48-19-30(40)44-6)32-31(35(43)47-9-2)21(4)37-36-39(32)33(41)29(49-36)18-25-15-20(3)38(22(25)5)26-12-10-11-24(16-26)34(42)45-7/h10-18,32H,8-9,19H2,1-7H3/b29-18-/t32-/m1/s1. The van der Waals surface area contributed by atoms with Crippen LogP contribution in [0.3, 0.4) is 0 Å². The van der Waals surface area contributed by atoms with Crippen LogP contribution in [0.2, 0.25) is 0 Å². The number of fused-ring (bicyclic) bond motifs is 1. The number of benzene rings is 2. The smallest absolute Gasteiger partial charge is 0.343 e. The van der Waals surface area contributed by atoms with Gasteiger partial charge in [0.2, 0.25) is 0 Å². The highest BCUT2D eigenvalue weighted by Gasteiger charge is 2.34. The first kappa shape index (κ1) is 34.9. The zero-order valence-corrected chi connectivity index (χ0v) is 29.1. The molecule has 5 rings (SSSR count). The lowest BCUT2D eigenvalue weighted by atomic mass is 9.95. The van der Waals surface area contributed by atoms with Crippen molar-refractivity contribution < 1.29 is 38.1 Å². The van der Waals surface area contributed by atoms with Crippen LogP contribution >= 0.6 is 11.3 Å². The third-order valence-corrected chi connectivity index (χ3v) is 8.94. The zero-order valence-electron chi connectivity index (χ0n) is 28.3. The van der Waals surface area contributed by atoms with Crippen LogP contribution < -0.4 is 24.4 Å². The Morgan fingerprint density at radius 3 is 2.39 bits per heavy atom. The fourth-order valence-electron chi connectivity index (χ4n) is 5.75. The summed E-state index contributed by atoms with van der Waals surface area (Å²) in [6.07, 6.45) is 1.81. The van der Waals surface area contributed by atoms with Gasteiger partial charge in [-0.15, -0.1) is 0 Å². The summed E-state index contributed by atoms with van der Waals surface area (Å²) in [5.41, 5.74) is 4.61. The van der Waals surface area contributed by atoms with Crippen LogP contribution in [0.25, 0.3) is 11.8 Å². The Morgan fingerprint density at radius 2 is 1.69 bits per heavy atom. The molecule has 2 aromatic carbocycles. The van der Waals surface area contributed by atoms with E-state index in [1.165, 1.54) is 30.1 Å². The van der Waals surface area contributed by atoms with Crippen molar-refractivity contribution >= 4 is 35.3 Å². The number of nitrogens with zero attached hydrogens (tertiary/aromatic N) is 3. The molecule has 12 nitrogen and oxygen atoms in total. The van der Waals surface area contributed by atoms with Crippen molar-refractivity contribution in [3.63, 3.8) is 0 Å². The van der Waals surface area contributed by atoms with Gasteiger partial charge in [0.1, 0.15) is 0 Å². The highest BCUT2D eigenvalue weighted by atomic mass is 32.1. The van der Waals surface area contributed by atoms with Gasteiger partial charge < -0.3 is 28.3 Å². The molecule has 0 saturated heterocycles. The van der Waals surface area contributed by atoms with Crippen LogP contribution in [-0.2, 0) is 23.8 Å². The average Bonchev–Trinajstić information content (AvgIpc) is 3.55. The lowest BCUT2D eigenvalue weighted by Gasteiger charge is -2.25. The number of carbonyl (C=O) groups excluding carboxylic acids is 3. The van der Waals surface area contributed by atoms with Gasteiger partial charge in [-0.2, -0.15) is 0 Å². The first-order valence-corrected chi connectivity index (χ1v) is 16.4. The Morgan fingerprint density at radius 1 is 0.918 bits per heavy atom. The second-order valence-electron chi connectivity index (χ2n) is 11.0. The molecule has 0 unspecified atom stereocenters. The maximum Gasteiger partial charge on any atom is 0.343 e. The molecule has 0 saturated carbocycles. The number of esters is 3. The fourth-order valence-corrected chi connectivity index (χ4v) is 6.78. The van der Waals surface area contributed by atoms with Gasteiger partial charge in [-0.25, -0.2) is 19.4 Å². The van der Waals surface area contributed by atoms with Crippen molar-refractivity contribution in [1.29, 1.82) is 0 Å². The molecule has 13 heteroatoms. The lowest BCUT2D eigenvalue weighted by Crippen LogP contribution is -2.40. The average molecular weight is 688 g/mol. The lowest BCUT2D eigenvalue weighted by molar-refractivity contribution is -0.143. The number of aromatic nitrogens is 2. The number of carbonyl (C=O) groups is 3. The van der Waals surface area contributed by atoms with Gasteiger partial charge >= 0.3 is 17.9 Å². The second-order valence-corrected chi connectivity index (χ2v) is 12.0. The molecule has 256 valence electrons. The van der Waals surface area contributed by atoms with E-state index in [2.05, 4.69) is 9.73 Å². The number of aryl methyl sites for hydroxylation is 1. The van der Waals surface area contributed by atoms with Gasteiger partial charge in [0.05, 0.1) is 54.8 Å². The molecule has 0 aliphatic carbocycles. The molecular formula is C36H37N3O9S. The Bertz CT molecular complexity index is 2160. The van der Waals surface area contributed by atoms with Gasteiger partial charge in [0.15, 0.2) is 22.9 Å². The second kappa shape index (κ2) is 14.8. The number of rotatable bonds is 11. The summed E-state index contributed by atoms with van der Waals surface area (Å²) < 4.78 is 30.4. The molecule has 1 aliphatic heterocycles. The van der Waals surface area contributed by atoms with Gasteiger partial charge in [-0.1, -0.05) is 23.5 Å². The van der Waals surface area contributed by atoms with E-state index in [1.54, 1.807) is 57.2 Å². The summed E-state index contributed by atoms with van der Waals surface area (Å²) in [5, 5.41) is 0. The van der Waals surface area contributed by atoms with Gasteiger partial charge in [-0.3, -0.25) is 9.36 Å². The molecular weight excluding hydrogens is 650 g/mol. The predicted octanol–water partition coefficient (Wildman–Crippen LogP) is 3.94. The summed E-state index contributed by atoms with van der Waals surface area (Å²) in [6.45, 7) is 9.22. The summed E-state index contributed by atoms with van der Waals surface area (Å²) in [5.74, 6) is -0.960. The van der Waals surface area contributed by atoms with E-state index in [-0.39, 0.29) is 24.3 Å². The molecule has 0 bridgehead atoms. The summed E-state index contributed by atoms with van der Waals surface area (Å²) in [7, 11) is 2.61. The van der Waals surface area contributed by atoms with Crippen LogP contribution in [0.1, 0.15) is 59.7 Å². The van der Waals surface area contributed by atoms with Crippen LogP contribution in [-0.4, -0.2) is 61.1 Å². The van der Waals surface area contributed by atoms with Gasteiger partial charge in [0.25, 0.3) is 5.56 Å². The topological polar surface area (TPSA) is 137 Å². The molecule has 0 N–H and O–H groups in total. The number of hydrogen-bond donors (Lipinski definition) is 0. The number of ether oxygens (including phenoxy) is 5. The van der Waals surface area contributed by atoms with E-state index in [4.69, 9.17) is 18.9 Å². The van der Waals surface area contributed by atoms with E-state index in [0.717, 1.165) is 22.6 Å². The zero-order chi connectivity index (χ0) is 35.4. The summed E-state index contributed by atoms with van der Waals surface area (Å²) >= 11 is 1.21. The summed E-state index contributed by atoms with van der Waals surface area (Å²) in [6, 6.07) is 13.2. The number of thiazole rings is 1. The third kappa shape index (κ3) is 6.93. The van der Waals surface area contributed by atoms with Crippen LogP contribution in [0, 0.1) is 13.8 Å². The van der Waals surface area contributed by atoms with Gasteiger partial charge in [-0.05, 0) is 88.2 Å². The number of allylic oxidation sites excluding steroid dienone is 1. The Kier molecular flexibility index (Phi) is 10.5. The maximum atomic E-state index is 14.3. The van der Waals surface area contributed by atoms with Crippen molar-refractivity contribution in [2.24, 2.45) is 4.99 Å². The molecule has 0 radical (unpaired) electrons. The van der Waals surface area contributed by atoms with Gasteiger partial charge in [0, 0.05) is 17.1 Å². The monoisotopic (exact) mass is 687 g/mol. The quantitative estimate of drug-likeness (QED) is 0.170. The molecule has 0 spiro atoms. The van der Waals surface area contributed by atoms with E-state index < -0.39 is 23.9 Å². The highest BCUT2D eigenvalue weighted by molar-refractivity contribution is 7.07. The molecule has 2 aromatic heterocycles. The van der Waals surface area contributed by atoms with E-state index in [0.29, 0.717) is 44.3 Å². The van der Waals surface area contributed by atoms with Crippen molar-refractivity contribution in [3.8, 4) is 17.2 Å². The first-order valence-electron chi connectivity index (χ1n) is 15.6. The molecule has 0 amide bonds. The SMILES string of the molecule is CCOC(=O)C1=C(C)N=c2s/c(=C\c3cc(C)n(-c4cccc(C(=O)OC)c4)c3C)c(=O)n2[C@@H]1c1ccc(OCC(=O)OC)c(OCC)c1. The van der Waals surface area contributed by atoms with Crippen LogP contribution in [0.15, 0.2) is 69.6 Å². The minimum Gasteiger partial charge on any atom is -0.490 e. The van der Waals surface area contributed by atoms with Crippen molar-refractivity contribution in [1.82, 2.24) is 9.13 Å². The molecule has 1 aliphatic rings. The summed E-state index contributed by atoms with van der Waals surface area (Å²) in [4.78, 5) is 56.7. The third-order valence-electron chi connectivity index (χ3n) is 7.96. The molecule has 3 heterocycles.